The number of nitrogens with one attached hydrogen (secondary N) is 2. The van der Waals surface area contributed by atoms with Gasteiger partial charge in [-0.15, -0.1) is 0 Å². The van der Waals surface area contributed by atoms with E-state index in [9.17, 15) is 9.90 Å². The van der Waals surface area contributed by atoms with Crippen molar-refractivity contribution in [1.29, 1.82) is 0 Å². The number of fused-ring (bicyclic) bond motifs is 1. The van der Waals surface area contributed by atoms with Gasteiger partial charge in [0.15, 0.2) is 0 Å². The maximum Gasteiger partial charge on any atom is 0.239 e. The molecule has 3 N–H and O–H groups in total. The van der Waals surface area contributed by atoms with Crippen LogP contribution >= 0.6 is 0 Å². The number of hydrogen-bond acceptors (Lipinski definition) is 6. The second-order valence-corrected chi connectivity index (χ2v) is 11.6. The van der Waals surface area contributed by atoms with Gasteiger partial charge in [-0.1, -0.05) is 19.8 Å². The summed E-state index contributed by atoms with van der Waals surface area (Å²) >= 11 is 0. The zero-order chi connectivity index (χ0) is 24.6. The van der Waals surface area contributed by atoms with E-state index in [2.05, 4.69) is 33.2 Å². The lowest BCUT2D eigenvalue weighted by Gasteiger charge is -2.35. The summed E-state index contributed by atoms with van der Waals surface area (Å²) in [6.45, 7) is 4.85. The number of aliphatic hydroxyl groups excluding tert-OH is 1. The minimum absolute atomic E-state index is 0.0111. The van der Waals surface area contributed by atoms with Crippen molar-refractivity contribution in [2.75, 3.05) is 25.0 Å². The summed E-state index contributed by atoms with van der Waals surface area (Å²) in [6, 6.07) is 0.883. The number of likely N-dealkylation sites (tertiary alicyclic amines) is 1. The molecule has 4 heterocycles. The Hall–Kier alpha value is -2.19. The number of anilines is 1. The predicted octanol–water partition coefficient (Wildman–Crippen LogP) is 3.97. The second kappa shape index (κ2) is 10.3. The molecule has 36 heavy (non-hydrogen) atoms. The topological polar surface area (TPSA) is 95.3 Å². The van der Waals surface area contributed by atoms with Crippen LogP contribution in [-0.4, -0.2) is 68.3 Å². The quantitative estimate of drug-likeness (QED) is 0.563. The Bertz CT molecular complexity index is 1060. The molecule has 0 bridgehead atoms. The van der Waals surface area contributed by atoms with Crippen molar-refractivity contribution in [1.82, 2.24) is 24.8 Å². The highest BCUT2D eigenvalue weighted by atomic mass is 16.3. The summed E-state index contributed by atoms with van der Waals surface area (Å²) in [5.41, 5.74) is 2.37. The molecule has 8 nitrogen and oxygen atoms in total. The molecule has 2 saturated carbocycles. The van der Waals surface area contributed by atoms with Gasteiger partial charge in [0, 0.05) is 43.0 Å². The lowest BCUT2D eigenvalue weighted by atomic mass is 9.89. The van der Waals surface area contributed by atoms with Gasteiger partial charge in [0.25, 0.3) is 0 Å². The van der Waals surface area contributed by atoms with Crippen LogP contribution in [0.2, 0.25) is 0 Å². The van der Waals surface area contributed by atoms with Crippen molar-refractivity contribution in [2.45, 2.75) is 108 Å². The van der Waals surface area contributed by atoms with Gasteiger partial charge in [-0.2, -0.15) is 4.98 Å². The minimum Gasteiger partial charge on any atom is -0.393 e. The molecule has 8 heteroatoms. The van der Waals surface area contributed by atoms with E-state index in [4.69, 9.17) is 9.97 Å². The highest BCUT2D eigenvalue weighted by Crippen LogP contribution is 2.39. The van der Waals surface area contributed by atoms with E-state index < -0.39 is 0 Å². The largest absolute Gasteiger partial charge is 0.393 e. The fourth-order valence-corrected chi connectivity index (χ4v) is 6.80. The molecule has 2 aliphatic carbocycles. The van der Waals surface area contributed by atoms with Gasteiger partial charge in [0.1, 0.15) is 5.65 Å². The highest BCUT2D eigenvalue weighted by molar-refractivity contribution is 5.83. The number of rotatable bonds is 6. The molecule has 2 aliphatic heterocycles. The standard InChI is InChI=1S/C28H42N6O2/c1-2-18-15-25(18)31-28-30-16-22-23(17-34(26(22)32-28)20-6-8-21(35)9-7-20)19-10-13-33(14-11-19)27(36)24-5-3-4-12-29-24/h16-21,24-25,29,35H,2-15H2,1H3,(H,30,31,32)/t18-,20-,21-,24-,25-/m1/s1. The van der Waals surface area contributed by atoms with Gasteiger partial charge in [-0.25, -0.2) is 4.98 Å². The van der Waals surface area contributed by atoms with Crippen LogP contribution in [0.1, 0.15) is 95.1 Å². The molecule has 2 saturated heterocycles. The average Bonchev–Trinajstić information content (AvgIpc) is 3.58. The van der Waals surface area contributed by atoms with Crippen LogP contribution in [0.4, 0.5) is 5.95 Å². The van der Waals surface area contributed by atoms with Gasteiger partial charge >= 0.3 is 0 Å². The zero-order valence-corrected chi connectivity index (χ0v) is 21.7. The Morgan fingerprint density at radius 2 is 1.94 bits per heavy atom. The summed E-state index contributed by atoms with van der Waals surface area (Å²) in [7, 11) is 0. The third-order valence-electron chi connectivity index (χ3n) is 9.28. The van der Waals surface area contributed by atoms with Crippen LogP contribution in [-0.2, 0) is 4.79 Å². The number of carbonyl (C=O) groups excluding carboxylic acids is 1. The fraction of sp³-hybridized carbons (Fsp3) is 0.750. The number of carbonyl (C=O) groups is 1. The van der Waals surface area contributed by atoms with Crippen molar-refractivity contribution < 1.29 is 9.90 Å². The van der Waals surface area contributed by atoms with Crippen LogP contribution in [0.25, 0.3) is 11.0 Å². The summed E-state index contributed by atoms with van der Waals surface area (Å²) in [5, 5.41) is 18.2. The summed E-state index contributed by atoms with van der Waals surface area (Å²) in [5.74, 6) is 2.19. The van der Waals surface area contributed by atoms with E-state index in [1.807, 2.05) is 6.20 Å². The van der Waals surface area contributed by atoms with E-state index >= 15 is 0 Å². The number of aliphatic hydroxyl groups is 1. The molecule has 2 aromatic heterocycles. The smallest absolute Gasteiger partial charge is 0.239 e. The van der Waals surface area contributed by atoms with E-state index in [1.54, 1.807) is 0 Å². The molecule has 0 unspecified atom stereocenters. The molecule has 2 aromatic rings. The number of amides is 1. The zero-order valence-electron chi connectivity index (χ0n) is 21.7. The number of nitrogens with zero attached hydrogens (tertiary/aromatic N) is 4. The Kier molecular flexibility index (Phi) is 6.90. The summed E-state index contributed by atoms with van der Waals surface area (Å²) in [4.78, 5) is 24.9. The molecular weight excluding hydrogens is 452 g/mol. The molecule has 3 atom stereocenters. The Labute approximate surface area is 214 Å². The van der Waals surface area contributed by atoms with Crippen LogP contribution < -0.4 is 10.6 Å². The van der Waals surface area contributed by atoms with Crippen molar-refractivity contribution in [3.8, 4) is 0 Å². The average molecular weight is 495 g/mol. The second-order valence-electron chi connectivity index (χ2n) is 11.6. The van der Waals surface area contributed by atoms with Crippen molar-refractivity contribution >= 4 is 22.9 Å². The molecule has 4 fully saturated rings. The Balaban J connectivity index is 1.22. The maximum absolute atomic E-state index is 13.0. The first kappa shape index (κ1) is 24.2. The highest BCUT2D eigenvalue weighted by Gasteiger charge is 2.36. The minimum atomic E-state index is -0.171. The normalized spacial score (nSPS) is 31.5. The number of aromatic nitrogens is 3. The van der Waals surface area contributed by atoms with Crippen molar-refractivity contribution in [3.63, 3.8) is 0 Å². The maximum atomic E-state index is 13.0. The van der Waals surface area contributed by atoms with Crippen LogP contribution in [0, 0.1) is 5.92 Å². The Morgan fingerprint density at radius 1 is 1.14 bits per heavy atom. The van der Waals surface area contributed by atoms with Gasteiger partial charge in [0.05, 0.1) is 12.1 Å². The lowest BCUT2D eigenvalue weighted by molar-refractivity contribution is -0.135. The van der Waals surface area contributed by atoms with E-state index in [1.165, 1.54) is 24.8 Å². The summed E-state index contributed by atoms with van der Waals surface area (Å²) < 4.78 is 2.39. The first-order valence-corrected chi connectivity index (χ1v) is 14.4. The first-order valence-electron chi connectivity index (χ1n) is 14.4. The lowest BCUT2D eigenvalue weighted by Crippen LogP contribution is -2.50. The predicted molar refractivity (Wildman–Crippen MR) is 141 cm³/mol. The molecular formula is C28H42N6O2. The fourth-order valence-electron chi connectivity index (χ4n) is 6.80. The van der Waals surface area contributed by atoms with Gasteiger partial charge < -0.3 is 25.2 Å². The Morgan fingerprint density at radius 3 is 2.64 bits per heavy atom. The van der Waals surface area contributed by atoms with Crippen molar-refractivity contribution in [3.05, 3.63) is 18.0 Å². The molecule has 4 aliphatic rings. The third kappa shape index (κ3) is 4.86. The van der Waals surface area contributed by atoms with E-state index in [0.717, 1.165) is 93.9 Å². The van der Waals surface area contributed by atoms with Crippen molar-refractivity contribution in [2.24, 2.45) is 5.92 Å². The molecule has 0 spiro atoms. The monoisotopic (exact) mass is 494 g/mol. The van der Waals surface area contributed by atoms with E-state index in [0.29, 0.717) is 23.9 Å². The van der Waals surface area contributed by atoms with E-state index in [-0.39, 0.29) is 12.1 Å². The number of piperidine rings is 2. The first-order chi connectivity index (χ1) is 17.6. The summed E-state index contributed by atoms with van der Waals surface area (Å²) in [6.07, 6.45) is 15.5. The van der Waals surface area contributed by atoms with Crippen LogP contribution in [0.5, 0.6) is 0 Å². The van der Waals surface area contributed by atoms with Crippen LogP contribution in [0.15, 0.2) is 12.4 Å². The SMILES string of the molecule is CC[C@@H]1C[C@H]1Nc1ncc2c(C3CCN(C(=O)[C@H]4CCCCN4)CC3)cn([C@H]3CC[C@H](O)CC3)c2n1. The van der Waals surface area contributed by atoms with Gasteiger partial charge in [-0.05, 0) is 81.7 Å². The molecule has 196 valence electrons. The number of hydrogen-bond donors (Lipinski definition) is 3. The van der Waals surface area contributed by atoms with Gasteiger partial charge in [0.2, 0.25) is 11.9 Å². The van der Waals surface area contributed by atoms with Gasteiger partial charge in [-0.3, -0.25) is 4.79 Å². The molecule has 1 amide bonds. The molecule has 0 radical (unpaired) electrons. The molecule has 6 rings (SSSR count). The molecule has 0 aromatic carbocycles. The third-order valence-corrected chi connectivity index (χ3v) is 9.28. The van der Waals surface area contributed by atoms with Crippen LogP contribution in [0.3, 0.4) is 0 Å².